The van der Waals surface area contributed by atoms with Gasteiger partial charge in [0.2, 0.25) is 0 Å². The van der Waals surface area contributed by atoms with Crippen LogP contribution in [0, 0.1) is 0 Å². The number of phenolic OH excluding ortho intramolecular Hbond substituents is 1. The second kappa shape index (κ2) is 7.33. The predicted molar refractivity (Wildman–Crippen MR) is 83.8 cm³/mol. The zero-order chi connectivity index (χ0) is 16.1. The van der Waals surface area contributed by atoms with Crippen molar-refractivity contribution in [1.82, 2.24) is 4.90 Å². The van der Waals surface area contributed by atoms with Gasteiger partial charge < -0.3 is 14.6 Å². The quantitative estimate of drug-likeness (QED) is 0.811. The summed E-state index contributed by atoms with van der Waals surface area (Å²) in [6, 6.07) is 5.01. The summed E-state index contributed by atoms with van der Waals surface area (Å²) in [6.07, 6.45) is 1.50. The fraction of sp³-hybridized carbons (Fsp3) is 0.333. The van der Waals surface area contributed by atoms with E-state index < -0.39 is 0 Å². The van der Waals surface area contributed by atoms with E-state index in [-0.39, 0.29) is 35.0 Å². The Labute approximate surface area is 132 Å². The maximum atomic E-state index is 12.2. The topological polar surface area (TPSA) is 76.1 Å². The normalized spacial score (nSPS) is 16.6. The lowest BCUT2D eigenvalue weighted by Crippen LogP contribution is -2.31. The maximum Gasteiger partial charge on any atom is 0.293 e. The van der Waals surface area contributed by atoms with Crippen LogP contribution in [-0.2, 0) is 9.53 Å². The van der Waals surface area contributed by atoms with Gasteiger partial charge in [0, 0.05) is 12.7 Å². The molecule has 1 saturated heterocycles. The Morgan fingerprint density at radius 1 is 1.36 bits per heavy atom. The molecule has 1 aromatic rings. The summed E-state index contributed by atoms with van der Waals surface area (Å²) in [5, 5.41) is 9.79. The summed E-state index contributed by atoms with van der Waals surface area (Å²) in [5.41, 5.74) is 0.434. The molecule has 7 heteroatoms. The van der Waals surface area contributed by atoms with Gasteiger partial charge in [0.15, 0.2) is 11.5 Å². The van der Waals surface area contributed by atoms with Gasteiger partial charge in [0.25, 0.3) is 11.1 Å². The lowest BCUT2D eigenvalue weighted by atomic mass is 10.1. The standard InChI is InChI=1S/C15H17NO5S/c1-3-21-11-6-4-5-10(13(11)17)9-12-14(18)16(7-8-20-2)15(19)22-12/h4-6,9,17H,3,7-8H2,1-2H3/b12-9+. The minimum atomic E-state index is -0.381. The highest BCUT2D eigenvalue weighted by Crippen LogP contribution is 2.36. The number of para-hydroxylation sites is 1. The molecule has 0 spiro atoms. The zero-order valence-corrected chi connectivity index (χ0v) is 13.2. The number of thioether (sulfide) groups is 1. The fourth-order valence-corrected chi connectivity index (χ4v) is 2.80. The van der Waals surface area contributed by atoms with Gasteiger partial charge in [-0.1, -0.05) is 12.1 Å². The Hall–Kier alpha value is -1.99. The van der Waals surface area contributed by atoms with Gasteiger partial charge in [-0.15, -0.1) is 0 Å². The van der Waals surface area contributed by atoms with E-state index in [4.69, 9.17) is 9.47 Å². The Bertz CT molecular complexity index is 614. The number of hydrogen-bond acceptors (Lipinski definition) is 6. The van der Waals surface area contributed by atoms with Gasteiger partial charge in [-0.2, -0.15) is 0 Å². The number of imide groups is 1. The number of carbonyl (C=O) groups excluding carboxylic acids is 2. The van der Waals surface area contributed by atoms with Gasteiger partial charge >= 0.3 is 0 Å². The lowest BCUT2D eigenvalue weighted by molar-refractivity contribution is -0.123. The lowest BCUT2D eigenvalue weighted by Gasteiger charge is -2.11. The molecule has 0 radical (unpaired) electrons. The number of benzene rings is 1. The molecule has 0 aliphatic carbocycles. The molecular formula is C15H17NO5S. The van der Waals surface area contributed by atoms with Crippen LogP contribution in [0.4, 0.5) is 4.79 Å². The summed E-state index contributed by atoms with van der Waals surface area (Å²) < 4.78 is 10.2. The number of amides is 2. The number of rotatable bonds is 6. The Kier molecular flexibility index (Phi) is 5.46. The van der Waals surface area contributed by atoms with Gasteiger partial charge in [0.1, 0.15) is 0 Å². The van der Waals surface area contributed by atoms with Crippen molar-refractivity contribution in [2.75, 3.05) is 26.9 Å². The van der Waals surface area contributed by atoms with Crippen LogP contribution in [-0.4, -0.2) is 48.0 Å². The van der Waals surface area contributed by atoms with Gasteiger partial charge in [-0.05, 0) is 30.8 Å². The third-order valence-electron chi connectivity index (χ3n) is 3.01. The number of nitrogens with zero attached hydrogens (tertiary/aromatic N) is 1. The van der Waals surface area contributed by atoms with E-state index in [1.54, 1.807) is 18.2 Å². The van der Waals surface area contributed by atoms with Crippen LogP contribution in [0.15, 0.2) is 23.1 Å². The summed E-state index contributed by atoms with van der Waals surface area (Å²) in [6.45, 7) is 2.73. The average Bonchev–Trinajstić information content (AvgIpc) is 2.76. The number of phenols is 1. The number of hydrogen-bond donors (Lipinski definition) is 1. The van der Waals surface area contributed by atoms with Crippen molar-refractivity contribution in [1.29, 1.82) is 0 Å². The number of aromatic hydroxyl groups is 1. The highest BCUT2D eigenvalue weighted by molar-refractivity contribution is 8.18. The van der Waals surface area contributed by atoms with Crippen molar-refractivity contribution < 1.29 is 24.2 Å². The molecule has 1 aliphatic heterocycles. The largest absolute Gasteiger partial charge is 0.504 e. The van der Waals surface area contributed by atoms with E-state index >= 15 is 0 Å². The van der Waals surface area contributed by atoms with E-state index in [0.29, 0.717) is 17.9 Å². The molecule has 2 amide bonds. The molecular weight excluding hydrogens is 306 g/mol. The van der Waals surface area contributed by atoms with Crippen molar-refractivity contribution in [3.8, 4) is 11.5 Å². The molecule has 2 rings (SSSR count). The van der Waals surface area contributed by atoms with Crippen LogP contribution < -0.4 is 4.74 Å². The molecule has 1 fully saturated rings. The first-order valence-electron chi connectivity index (χ1n) is 6.77. The van der Waals surface area contributed by atoms with Crippen LogP contribution in [0.2, 0.25) is 0 Å². The second-order valence-corrected chi connectivity index (χ2v) is 5.45. The van der Waals surface area contributed by atoms with E-state index in [2.05, 4.69) is 0 Å². The molecule has 6 nitrogen and oxygen atoms in total. The summed E-state index contributed by atoms with van der Waals surface area (Å²) in [7, 11) is 1.51. The first-order chi connectivity index (χ1) is 10.6. The monoisotopic (exact) mass is 323 g/mol. The van der Waals surface area contributed by atoms with Crippen LogP contribution in [0.1, 0.15) is 12.5 Å². The minimum absolute atomic E-state index is 0.0481. The van der Waals surface area contributed by atoms with Crippen LogP contribution in [0.5, 0.6) is 11.5 Å². The molecule has 0 aromatic heterocycles. The summed E-state index contributed by atoms with van der Waals surface area (Å²) in [5.74, 6) is -0.0869. The zero-order valence-electron chi connectivity index (χ0n) is 12.4. The van der Waals surface area contributed by atoms with Crippen LogP contribution in [0.3, 0.4) is 0 Å². The number of methoxy groups -OCH3 is 1. The Morgan fingerprint density at radius 3 is 2.82 bits per heavy atom. The molecule has 1 aromatic carbocycles. The van der Waals surface area contributed by atoms with Crippen molar-refractivity contribution in [2.24, 2.45) is 0 Å². The molecule has 1 heterocycles. The van der Waals surface area contributed by atoms with E-state index in [0.717, 1.165) is 16.7 Å². The number of carbonyl (C=O) groups is 2. The van der Waals surface area contributed by atoms with Crippen LogP contribution in [0.25, 0.3) is 6.08 Å². The smallest absolute Gasteiger partial charge is 0.293 e. The maximum absolute atomic E-state index is 12.2. The van der Waals surface area contributed by atoms with Crippen molar-refractivity contribution >= 4 is 29.0 Å². The third-order valence-corrected chi connectivity index (χ3v) is 3.92. The first kappa shape index (κ1) is 16.4. The summed E-state index contributed by atoms with van der Waals surface area (Å²) >= 11 is 0.846. The van der Waals surface area contributed by atoms with E-state index in [1.165, 1.54) is 13.2 Å². The predicted octanol–water partition coefficient (Wildman–Crippen LogP) is 2.47. The minimum Gasteiger partial charge on any atom is -0.504 e. The van der Waals surface area contributed by atoms with Gasteiger partial charge in [0.05, 0.1) is 24.7 Å². The molecule has 0 saturated carbocycles. The molecule has 0 unspecified atom stereocenters. The van der Waals surface area contributed by atoms with Crippen LogP contribution >= 0.6 is 11.8 Å². The number of ether oxygens (including phenoxy) is 2. The average molecular weight is 323 g/mol. The Balaban J connectivity index is 2.25. The highest BCUT2D eigenvalue weighted by Gasteiger charge is 2.34. The van der Waals surface area contributed by atoms with E-state index in [1.807, 2.05) is 6.92 Å². The Morgan fingerprint density at radius 2 is 2.14 bits per heavy atom. The third kappa shape index (κ3) is 3.42. The van der Waals surface area contributed by atoms with Crippen molar-refractivity contribution in [3.63, 3.8) is 0 Å². The first-order valence-corrected chi connectivity index (χ1v) is 7.59. The molecule has 118 valence electrons. The fourth-order valence-electron chi connectivity index (χ4n) is 1.94. The van der Waals surface area contributed by atoms with Gasteiger partial charge in [-0.3, -0.25) is 14.5 Å². The summed E-state index contributed by atoms with van der Waals surface area (Å²) in [4.78, 5) is 25.4. The molecule has 1 aliphatic rings. The van der Waals surface area contributed by atoms with E-state index in [9.17, 15) is 14.7 Å². The highest BCUT2D eigenvalue weighted by atomic mass is 32.2. The second-order valence-electron chi connectivity index (χ2n) is 4.45. The molecule has 0 atom stereocenters. The molecule has 22 heavy (non-hydrogen) atoms. The van der Waals surface area contributed by atoms with Crippen molar-refractivity contribution in [2.45, 2.75) is 6.92 Å². The van der Waals surface area contributed by atoms with Crippen molar-refractivity contribution in [3.05, 3.63) is 28.7 Å². The molecule has 1 N–H and O–H groups in total. The SMILES string of the molecule is CCOc1cccc(/C=C2/SC(=O)N(CCOC)C2=O)c1O. The van der Waals surface area contributed by atoms with Gasteiger partial charge in [-0.25, -0.2) is 0 Å². The molecule has 0 bridgehead atoms.